The van der Waals surface area contributed by atoms with Crippen LogP contribution in [0.25, 0.3) is 0 Å². The highest BCUT2D eigenvalue weighted by atomic mass is 16.5. The molecule has 0 aliphatic carbocycles. The number of hydrogen-bond acceptors (Lipinski definition) is 4. The van der Waals surface area contributed by atoms with Crippen LogP contribution in [0.3, 0.4) is 0 Å². The summed E-state index contributed by atoms with van der Waals surface area (Å²) in [5, 5.41) is 7.57. The Balaban J connectivity index is 2.29. The van der Waals surface area contributed by atoms with Crippen molar-refractivity contribution in [1.29, 1.82) is 0 Å². The van der Waals surface area contributed by atoms with Crippen LogP contribution in [0.4, 0.5) is 5.69 Å². The molecule has 1 aromatic carbocycles. The first-order valence-corrected chi connectivity index (χ1v) is 8.93. The van der Waals surface area contributed by atoms with Gasteiger partial charge in [0.15, 0.2) is 0 Å². The molecule has 0 radical (unpaired) electrons. The third-order valence-corrected chi connectivity index (χ3v) is 4.73. The molecule has 6 heteroatoms. The minimum absolute atomic E-state index is 0.00259. The second kappa shape index (κ2) is 8.65. The van der Waals surface area contributed by atoms with E-state index in [1.807, 2.05) is 39.8 Å². The van der Waals surface area contributed by atoms with Gasteiger partial charge in [-0.2, -0.15) is 5.10 Å². The van der Waals surface area contributed by atoms with E-state index in [4.69, 9.17) is 4.74 Å². The normalized spacial score (nSPS) is 10.8. The van der Waals surface area contributed by atoms with Gasteiger partial charge in [-0.05, 0) is 38.3 Å². The van der Waals surface area contributed by atoms with Crippen molar-refractivity contribution in [2.24, 2.45) is 5.92 Å². The summed E-state index contributed by atoms with van der Waals surface area (Å²) in [7, 11) is 1.37. The number of aromatic nitrogens is 2. The van der Waals surface area contributed by atoms with E-state index in [1.165, 1.54) is 7.11 Å². The predicted octanol–water partition coefficient (Wildman–Crippen LogP) is 3.71. The second-order valence-corrected chi connectivity index (χ2v) is 6.35. The Morgan fingerprint density at radius 3 is 2.46 bits per heavy atom. The van der Waals surface area contributed by atoms with E-state index in [1.54, 1.807) is 16.8 Å². The fourth-order valence-corrected chi connectivity index (χ4v) is 3.05. The maximum Gasteiger partial charge on any atom is 0.338 e. The number of benzene rings is 1. The van der Waals surface area contributed by atoms with Crippen molar-refractivity contribution in [3.8, 4) is 0 Å². The van der Waals surface area contributed by atoms with E-state index in [-0.39, 0.29) is 17.8 Å². The number of hydrogen-bond donors (Lipinski definition) is 1. The summed E-state index contributed by atoms with van der Waals surface area (Å²) in [4.78, 5) is 24.4. The molecule has 26 heavy (non-hydrogen) atoms. The molecule has 0 aliphatic rings. The van der Waals surface area contributed by atoms with Gasteiger partial charge in [-0.3, -0.25) is 9.48 Å². The van der Waals surface area contributed by atoms with Gasteiger partial charge in [-0.15, -0.1) is 0 Å². The van der Waals surface area contributed by atoms with Gasteiger partial charge in [0.2, 0.25) is 5.91 Å². The lowest BCUT2D eigenvalue weighted by Gasteiger charge is -2.13. The highest BCUT2D eigenvalue weighted by Crippen LogP contribution is 2.23. The number of methoxy groups -OCH3 is 1. The first-order valence-electron chi connectivity index (χ1n) is 8.93. The molecule has 0 saturated heterocycles. The van der Waals surface area contributed by atoms with Crippen molar-refractivity contribution < 1.29 is 14.3 Å². The number of aryl methyl sites for hydroxylation is 1. The number of amides is 1. The standard InChI is InChI=1S/C20H27N3O3/c1-6-15(7-2)19(24)21-18-13(3)22-23(14(18)4)12-16-10-8-9-11-17(16)20(25)26-5/h8-11,15H,6-7,12H2,1-5H3,(H,21,24). The first-order chi connectivity index (χ1) is 12.4. The average Bonchev–Trinajstić information content (AvgIpc) is 2.90. The predicted molar refractivity (Wildman–Crippen MR) is 101 cm³/mol. The maximum absolute atomic E-state index is 12.4. The monoisotopic (exact) mass is 357 g/mol. The number of esters is 1. The quantitative estimate of drug-likeness (QED) is 0.767. The van der Waals surface area contributed by atoms with Crippen LogP contribution in [0.15, 0.2) is 24.3 Å². The smallest absolute Gasteiger partial charge is 0.338 e. The Labute approximate surface area is 154 Å². The molecule has 1 amide bonds. The van der Waals surface area contributed by atoms with Gasteiger partial charge < -0.3 is 10.1 Å². The largest absolute Gasteiger partial charge is 0.465 e. The number of anilines is 1. The van der Waals surface area contributed by atoms with Crippen LogP contribution in [0.5, 0.6) is 0 Å². The first kappa shape index (κ1) is 19.7. The molecular formula is C20H27N3O3. The van der Waals surface area contributed by atoms with Crippen LogP contribution < -0.4 is 5.32 Å². The molecule has 0 spiro atoms. The number of ether oxygens (including phenoxy) is 1. The number of nitrogens with zero attached hydrogens (tertiary/aromatic N) is 2. The molecule has 0 unspecified atom stereocenters. The van der Waals surface area contributed by atoms with Crippen LogP contribution in [-0.4, -0.2) is 28.8 Å². The van der Waals surface area contributed by atoms with Crippen molar-refractivity contribution in [1.82, 2.24) is 9.78 Å². The second-order valence-electron chi connectivity index (χ2n) is 6.35. The van der Waals surface area contributed by atoms with Gasteiger partial charge in [0.25, 0.3) is 0 Å². The zero-order valence-corrected chi connectivity index (χ0v) is 16.1. The molecular weight excluding hydrogens is 330 g/mol. The molecule has 0 fully saturated rings. The van der Waals surface area contributed by atoms with E-state index in [0.29, 0.717) is 12.1 Å². The molecule has 2 aromatic rings. The van der Waals surface area contributed by atoms with Gasteiger partial charge in [0, 0.05) is 5.92 Å². The molecule has 1 N–H and O–H groups in total. The molecule has 0 saturated carbocycles. The molecule has 0 atom stereocenters. The Morgan fingerprint density at radius 2 is 1.85 bits per heavy atom. The number of nitrogens with one attached hydrogen (secondary N) is 1. The summed E-state index contributed by atoms with van der Waals surface area (Å²) >= 11 is 0. The van der Waals surface area contributed by atoms with E-state index in [0.717, 1.165) is 35.5 Å². The Hall–Kier alpha value is -2.63. The summed E-state index contributed by atoms with van der Waals surface area (Å²) < 4.78 is 6.66. The van der Waals surface area contributed by atoms with E-state index >= 15 is 0 Å². The molecule has 140 valence electrons. The maximum atomic E-state index is 12.4. The Bertz CT molecular complexity index is 792. The van der Waals surface area contributed by atoms with Crippen LogP contribution in [0.1, 0.15) is 54.0 Å². The summed E-state index contributed by atoms with van der Waals surface area (Å²) in [5.74, 6) is -0.350. The van der Waals surface area contributed by atoms with Crippen LogP contribution >= 0.6 is 0 Å². The summed E-state index contributed by atoms with van der Waals surface area (Å²) in [6.07, 6.45) is 1.61. The topological polar surface area (TPSA) is 73.2 Å². The lowest BCUT2D eigenvalue weighted by molar-refractivity contribution is -0.120. The van der Waals surface area contributed by atoms with Crippen LogP contribution in [0.2, 0.25) is 0 Å². The van der Waals surface area contributed by atoms with Crippen molar-refractivity contribution in [3.63, 3.8) is 0 Å². The third kappa shape index (κ3) is 4.12. The zero-order chi connectivity index (χ0) is 19.3. The zero-order valence-electron chi connectivity index (χ0n) is 16.1. The van der Waals surface area contributed by atoms with E-state index < -0.39 is 0 Å². The third-order valence-electron chi connectivity index (χ3n) is 4.73. The number of rotatable bonds is 7. The number of carbonyl (C=O) groups is 2. The summed E-state index contributed by atoms with van der Waals surface area (Å²) in [6.45, 7) is 8.25. The number of carbonyl (C=O) groups excluding carboxylic acids is 2. The summed E-state index contributed by atoms with van der Waals surface area (Å²) in [5.41, 5.74) is 3.71. The molecule has 1 aromatic heterocycles. The van der Waals surface area contributed by atoms with Crippen LogP contribution in [0, 0.1) is 19.8 Å². The molecule has 0 bridgehead atoms. The van der Waals surface area contributed by atoms with Gasteiger partial charge in [0.05, 0.1) is 36.3 Å². The Morgan fingerprint density at radius 1 is 1.19 bits per heavy atom. The molecule has 2 rings (SSSR count). The van der Waals surface area contributed by atoms with Crippen molar-refractivity contribution in [3.05, 3.63) is 46.8 Å². The molecule has 1 heterocycles. The average molecular weight is 357 g/mol. The van der Waals surface area contributed by atoms with E-state index in [2.05, 4.69) is 10.4 Å². The lowest BCUT2D eigenvalue weighted by atomic mass is 10.0. The van der Waals surface area contributed by atoms with Gasteiger partial charge >= 0.3 is 5.97 Å². The molecule has 0 aliphatic heterocycles. The minimum Gasteiger partial charge on any atom is -0.465 e. The van der Waals surface area contributed by atoms with Crippen molar-refractivity contribution in [2.45, 2.75) is 47.1 Å². The minimum atomic E-state index is -0.371. The SMILES string of the molecule is CCC(CC)C(=O)Nc1c(C)nn(Cc2ccccc2C(=O)OC)c1C. The van der Waals surface area contributed by atoms with Gasteiger partial charge in [0.1, 0.15) is 0 Å². The van der Waals surface area contributed by atoms with E-state index in [9.17, 15) is 9.59 Å². The fraction of sp³-hybridized carbons (Fsp3) is 0.450. The highest BCUT2D eigenvalue weighted by molar-refractivity contribution is 5.93. The fourth-order valence-electron chi connectivity index (χ4n) is 3.05. The van der Waals surface area contributed by atoms with Gasteiger partial charge in [-0.25, -0.2) is 4.79 Å². The van der Waals surface area contributed by atoms with Crippen molar-refractivity contribution >= 4 is 17.6 Å². The van der Waals surface area contributed by atoms with Crippen LogP contribution in [-0.2, 0) is 16.1 Å². The molecule has 6 nitrogen and oxygen atoms in total. The highest BCUT2D eigenvalue weighted by Gasteiger charge is 2.20. The van der Waals surface area contributed by atoms with Crippen molar-refractivity contribution in [2.75, 3.05) is 12.4 Å². The van der Waals surface area contributed by atoms with Gasteiger partial charge in [-0.1, -0.05) is 32.0 Å². The lowest BCUT2D eigenvalue weighted by Crippen LogP contribution is -2.22. The Kier molecular flexibility index (Phi) is 6.55. The summed E-state index contributed by atoms with van der Waals surface area (Å²) in [6, 6.07) is 7.30.